The molecule has 3 atom stereocenters. The zero-order chi connectivity index (χ0) is 18.7. The Kier molecular flexibility index (Phi) is 3.35. The van der Waals surface area contributed by atoms with Gasteiger partial charge in [0, 0.05) is 18.9 Å². The maximum Gasteiger partial charge on any atom is 0.216 e. The van der Waals surface area contributed by atoms with Crippen LogP contribution in [0.15, 0.2) is 53.6 Å². The fourth-order valence-corrected chi connectivity index (χ4v) is 4.46. The van der Waals surface area contributed by atoms with Crippen molar-refractivity contribution in [2.75, 3.05) is 14.2 Å². The number of ether oxygens (including phenoxy) is 1. The van der Waals surface area contributed by atoms with Crippen molar-refractivity contribution in [1.29, 1.82) is 0 Å². The molecule has 136 valence electrons. The van der Waals surface area contributed by atoms with Gasteiger partial charge in [-0.1, -0.05) is 24.3 Å². The van der Waals surface area contributed by atoms with Crippen LogP contribution in [-0.4, -0.2) is 52.5 Å². The van der Waals surface area contributed by atoms with Crippen LogP contribution < -0.4 is 10.5 Å². The Morgan fingerprint density at radius 1 is 1.23 bits per heavy atom. The third-order valence-electron chi connectivity index (χ3n) is 5.83. The van der Waals surface area contributed by atoms with Crippen molar-refractivity contribution in [3.63, 3.8) is 0 Å². The lowest BCUT2D eigenvalue weighted by Crippen LogP contribution is -2.57. The lowest BCUT2D eigenvalue weighted by atomic mass is 9.70. The minimum Gasteiger partial charge on any atom is -0.497 e. The van der Waals surface area contributed by atoms with Crippen LogP contribution in [-0.2, 0) is 4.79 Å². The summed E-state index contributed by atoms with van der Waals surface area (Å²) in [6, 6.07) is 7.24. The topological polar surface area (TPSA) is 108 Å². The predicted molar refractivity (Wildman–Crippen MR) is 95.4 cm³/mol. The highest BCUT2D eigenvalue weighted by molar-refractivity contribution is 6.00. The number of aliphatic hydroxyl groups is 2. The molecule has 2 aliphatic carbocycles. The summed E-state index contributed by atoms with van der Waals surface area (Å²) in [5, 5.41) is 22.9. The average molecular weight is 355 g/mol. The van der Waals surface area contributed by atoms with E-state index < -0.39 is 22.8 Å². The molecule has 0 radical (unpaired) electrons. The maximum absolute atomic E-state index is 11.7. The normalized spacial score (nSPS) is 34.3. The van der Waals surface area contributed by atoms with E-state index in [1.165, 1.54) is 17.1 Å². The second-order valence-corrected chi connectivity index (χ2v) is 7.14. The van der Waals surface area contributed by atoms with Crippen LogP contribution in [0, 0.1) is 5.41 Å². The first-order chi connectivity index (χ1) is 12.3. The minimum atomic E-state index is -1.85. The largest absolute Gasteiger partial charge is 0.497 e. The number of nitrogens with zero attached hydrogens (tertiary/aromatic N) is 2. The Morgan fingerprint density at radius 2 is 1.85 bits per heavy atom. The summed E-state index contributed by atoms with van der Waals surface area (Å²) >= 11 is 0. The fourth-order valence-electron chi connectivity index (χ4n) is 4.46. The van der Waals surface area contributed by atoms with E-state index in [1.807, 2.05) is 12.1 Å². The van der Waals surface area contributed by atoms with Gasteiger partial charge in [0.1, 0.15) is 5.75 Å². The fraction of sp³-hybridized carbons (Fsp3) is 0.368. The molecular formula is C19H21N3O4. The maximum atomic E-state index is 11.7. The van der Waals surface area contributed by atoms with Gasteiger partial charge in [-0.05, 0) is 29.8 Å². The Morgan fingerprint density at radius 3 is 2.42 bits per heavy atom. The van der Waals surface area contributed by atoms with Crippen molar-refractivity contribution in [2.45, 2.75) is 23.8 Å². The zero-order valence-electron chi connectivity index (χ0n) is 14.6. The first-order valence-electron chi connectivity index (χ1n) is 8.36. The van der Waals surface area contributed by atoms with Crippen molar-refractivity contribution in [2.24, 2.45) is 16.1 Å². The minimum absolute atomic E-state index is 0.0724. The second-order valence-electron chi connectivity index (χ2n) is 7.14. The number of aliphatic imine (C=N–C) groups is 1. The molecular weight excluding hydrogens is 334 g/mol. The van der Waals surface area contributed by atoms with Crippen molar-refractivity contribution < 1.29 is 19.7 Å². The summed E-state index contributed by atoms with van der Waals surface area (Å²) in [6.45, 7) is 0. The third kappa shape index (κ3) is 1.95. The van der Waals surface area contributed by atoms with Crippen LogP contribution in [0.25, 0.3) is 0 Å². The number of rotatable bonds is 2. The van der Waals surface area contributed by atoms with Crippen molar-refractivity contribution >= 4 is 11.7 Å². The van der Waals surface area contributed by atoms with Gasteiger partial charge in [-0.15, -0.1) is 0 Å². The molecule has 1 aromatic rings. The van der Waals surface area contributed by atoms with E-state index in [4.69, 9.17) is 10.5 Å². The van der Waals surface area contributed by atoms with E-state index in [2.05, 4.69) is 4.99 Å². The number of nitrogens with two attached hydrogens (primary N) is 1. The lowest BCUT2D eigenvalue weighted by Gasteiger charge is -2.37. The molecule has 4 rings (SSSR count). The highest BCUT2D eigenvalue weighted by atomic mass is 16.5. The van der Waals surface area contributed by atoms with E-state index in [-0.39, 0.29) is 18.2 Å². The van der Waals surface area contributed by atoms with Crippen LogP contribution in [0.1, 0.15) is 17.9 Å². The Balaban J connectivity index is 1.92. The summed E-state index contributed by atoms with van der Waals surface area (Å²) in [5.74, 6) is -0.00534. The first-order valence-corrected chi connectivity index (χ1v) is 8.36. The number of methoxy groups -OCH3 is 1. The molecule has 1 fully saturated rings. The van der Waals surface area contributed by atoms with Gasteiger partial charge in [0.25, 0.3) is 0 Å². The summed E-state index contributed by atoms with van der Waals surface area (Å²) < 4.78 is 5.21. The first kappa shape index (κ1) is 16.8. The third-order valence-corrected chi connectivity index (χ3v) is 5.83. The Labute approximate surface area is 151 Å². The van der Waals surface area contributed by atoms with Gasteiger partial charge in [-0.3, -0.25) is 4.79 Å². The molecule has 26 heavy (non-hydrogen) atoms. The average Bonchev–Trinajstić information content (AvgIpc) is 2.91. The van der Waals surface area contributed by atoms with Crippen molar-refractivity contribution in [1.82, 2.24) is 4.90 Å². The number of allylic oxidation sites excluding steroid dienone is 4. The zero-order valence-corrected chi connectivity index (χ0v) is 14.6. The lowest BCUT2D eigenvalue weighted by molar-refractivity contribution is -0.173. The number of fused-ring (bicyclic) bond motifs is 1. The predicted octanol–water partition coefficient (Wildman–Crippen LogP) is 0.501. The number of guanidine groups is 1. The van der Waals surface area contributed by atoms with Crippen LogP contribution in [0.4, 0.5) is 0 Å². The highest BCUT2D eigenvalue weighted by Gasteiger charge is 2.73. The van der Waals surface area contributed by atoms with E-state index in [1.54, 1.807) is 38.4 Å². The molecule has 1 aliphatic heterocycles. The van der Waals surface area contributed by atoms with Crippen molar-refractivity contribution in [3.05, 3.63) is 54.1 Å². The molecule has 1 heterocycles. The Hall–Kier alpha value is -2.64. The number of hydrogen-bond acceptors (Lipinski definition) is 7. The number of likely N-dealkylation sites (N-methyl/N-ethyl adjacent to an activating group) is 1. The standard InChI is InChI=1S/C19H21N3O4/c1-22-16(20)21-19(25)15(12-3-5-14(26-2)6-4-12)17(11-18(19,22)24)9-7-13(23)8-10-17/h3-10,15,24-25H,11H2,1-2H3,(H2,20,21)/t15-,18?,19?/m1/s1. The molecule has 3 aliphatic rings. The number of hydrogen-bond donors (Lipinski definition) is 3. The van der Waals surface area contributed by atoms with Crippen LogP contribution >= 0.6 is 0 Å². The van der Waals surface area contributed by atoms with E-state index >= 15 is 0 Å². The second kappa shape index (κ2) is 5.18. The highest BCUT2D eigenvalue weighted by Crippen LogP contribution is 2.64. The van der Waals surface area contributed by atoms with E-state index in [0.29, 0.717) is 5.75 Å². The van der Waals surface area contributed by atoms with Gasteiger partial charge in [0.2, 0.25) is 5.72 Å². The van der Waals surface area contributed by atoms with Crippen LogP contribution in [0.5, 0.6) is 5.75 Å². The molecule has 1 saturated carbocycles. The summed E-state index contributed by atoms with van der Waals surface area (Å²) in [6.07, 6.45) is 6.58. The molecule has 1 spiro atoms. The van der Waals surface area contributed by atoms with Crippen LogP contribution in [0.3, 0.4) is 0 Å². The van der Waals surface area contributed by atoms with E-state index in [0.717, 1.165) is 5.56 Å². The monoisotopic (exact) mass is 355 g/mol. The van der Waals surface area contributed by atoms with Crippen molar-refractivity contribution in [3.8, 4) is 5.75 Å². The molecule has 4 N–H and O–H groups in total. The smallest absolute Gasteiger partial charge is 0.216 e. The SMILES string of the molecule is COc1ccc([C@@H]2C3(C=CC(=O)C=C3)CC3(O)N(C)C(N)=NC23O)cc1. The number of carbonyl (C=O) groups excluding carboxylic acids is 1. The molecule has 7 nitrogen and oxygen atoms in total. The molecule has 0 bridgehead atoms. The van der Waals surface area contributed by atoms with Gasteiger partial charge in [0.05, 0.1) is 13.0 Å². The summed E-state index contributed by atoms with van der Waals surface area (Å²) in [7, 11) is 3.18. The van der Waals surface area contributed by atoms with Gasteiger partial charge < -0.3 is 25.6 Å². The van der Waals surface area contributed by atoms with E-state index in [9.17, 15) is 15.0 Å². The Bertz CT molecular complexity index is 844. The van der Waals surface area contributed by atoms with Crippen LogP contribution in [0.2, 0.25) is 0 Å². The van der Waals surface area contributed by atoms with Gasteiger partial charge in [-0.25, -0.2) is 4.99 Å². The molecule has 0 aromatic heterocycles. The molecule has 0 saturated heterocycles. The van der Waals surface area contributed by atoms with Gasteiger partial charge >= 0.3 is 0 Å². The molecule has 2 unspecified atom stereocenters. The number of ketones is 1. The quantitative estimate of drug-likeness (QED) is 0.713. The van der Waals surface area contributed by atoms with Gasteiger partial charge in [-0.2, -0.15) is 0 Å². The molecule has 1 aromatic carbocycles. The summed E-state index contributed by atoms with van der Waals surface area (Å²) in [4.78, 5) is 17.3. The van der Waals surface area contributed by atoms with Gasteiger partial charge in [0.15, 0.2) is 17.5 Å². The molecule has 0 amide bonds. The number of benzene rings is 1. The summed E-state index contributed by atoms with van der Waals surface area (Å²) in [5.41, 5.74) is 2.37. The molecule has 7 heteroatoms. The number of carbonyl (C=O) groups is 1.